The van der Waals surface area contributed by atoms with Crippen LogP contribution in [0.25, 0.3) is 17.0 Å². The smallest absolute Gasteiger partial charge is 0.244 e. The van der Waals surface area contributed by atoms with Crippen LogP contribution in [0.3, 0.4) is 0 Å². The topological polar surface area (TPSA) is 42.0 Å². The van der Waals surface area contributed by atoms with Gasteiger partial charge in [-0.3, -0.25) is 4.79 Å². The van der Waals surface area contributed by atoms with Gasteiger partial charge in [-0.1, -0.05) is 24.3 Å². The molecule has 0 saturated heterocycles. The van der Waals surface area contributed by atoms with E-state index in [1.165, 1.54) is 0 Å². The fourth-order valence-electron chi connectivity index (χ4n) is 1.81. The lowest BCUT2D eigenvalue weighted by Gasteiger charge is -1.99. The van der Waals surface area contributed by atoms with E-state index in [2.05, 4.69) is 10.3 Å². The molecule has 3 heteroatoms. The second kappa shape index (κ2) is 4.61. The van der Waals surface area contributed by atoms with Crippen LogP contribution in [0.2, 0.25) is 0 Å². The lowest BCUT2D eigenvalue weighted by atomic mass is 10.2. The number of carbonyl (C=O) groups excluding carboxylic acids is 1. The Hall–Kier alpha value is -2.16. The van der Waals surface area contributed by atoms with Crippen LogP contribution in [-0.2, 0) is 4.79 Å². The normalized spacial score (nSPS) is 15.1. The van der Waals surface area contributed by atoms with Gasteiger partial charge in [0.25, 0.3) is 0 Å². The minimum Gasteiger partial charge on any atom is -0.350 e. The molecule has 1 N–H and O–H groups in total. The summed E-state index contributed by atoms with van der Waals surface area (Å²) in [5.41, 5.74) is 1.75. The fraction of sp³-hybridized carbons (Fsp3) is 0.200. The van der Waals surface area contributed by atoms with Crippen LogP contribution < -0.4 is 5.32 Å². The van der Waals surface area contributed by atoms with Gasteiger partial charge in [0.2, 0.25) is 5.91 Å². The van der Waals surface area contributed by atoms with Crippen molar-refractivity contribution in [1.29, 1.82) is 0 Å². The van der Waals surface area contributed by atoms with Gasteiger partial charge in [-0.2, -0.15) is 0 Å². The SMILES string of the molecule is O=C(/C=C/c1ccc2ccccc2n1)NC1CC1. The maximum absolute atomic E-state index is 11.5. The number of carbonyl (C=O) groups is 1. The number of nitrogens with one attached hydrogen (secondary N) is 1. The second-order valence-corrected chi connectivity index (χ2v) is 4.55. The minimum absolute atomic E-state index is 0.0348. The summed E-state index contributed by atoms with van der Waals surface area (Å²) in [6.07, 6.45) is 5.52. The van der Waals surface area contributed by atoms with Crippen LogP contribution in [0.4, 0.5) is 0 Å². The van der Waals surface area contributed by atoms with E-state index in [1.807, 2.05) is 36.4 Å². The summed E-state index contributed by atoms with van der Waals surface area (Å²) >= 11 is 0. The molecular formula is C15H14N2O. The van der Waals surface area contributed by atoms with E-state index in [0.29, 0.717) is 6.04 Å². The van der Waals surface area contributed by atoms with Gasteiger partial charge in [-0.25, -0.2) is 4.98 Å². The van der Waals surface area contributed by atoms with Gasteiger partial charge in [0.05, 0.1) is 11.2 Å². The van der Waals surface area contributed by atoms with Gasteiger partial charge in [0.15, 0.2) is 0 Å². The van der Waals surface area contributed by atoms with Crippen molar-refractivity contribution in [2.75, 3.05) is 0 Å². The van der Waals surface area contributed by atoms with Crippen molar-refractivity contribution >= 4 is 22.9 Å². The van der Waals surface area contributed by atoms with E-state index >= 15 is 0 Å². The van der Waals surface area contributed by atoms with Crippen molar-refractivity contribution in [2.24, 2.45) is 0 Å². The molecular weight excluding hydrogens is 224 g/mol. The summed E-state index contributed by atoms with van der Waals surface area (Å²) in [6.45, 7) is 0. The Balaban J connectivity index is 1.77. The molecule has 90 valence electrons. The standard InChI is InChI=1S/C15H14N2O/c18-15(17-13-7-8-13)10-9-12-6-5-11-3-1-2-4-14(11)16-12/h1-6,9-10,13H,7-8H2,(H,17,18)/b10-9+. The highest BCUT2D eigenvalue weighted by molar-refractivity contribution is 5.92. The number of amides is 1. The average Bonchev–Trinajstić information content (AvgIpc) is 3.20. The Morgan fingerprint density at radius 2 is 2.06 bits per heavy atom. The number of nitrogens with zero attached hydrogens (tertiary/aromatic N) is 1. The monoisotopic (exact) mass is 238 g/mol. The lowest BCUT2D eigenvalue weighted by Crippen LogP contribution is -2.22. The zero-order valence-electron chi connectivity index (χ0n) is 9.97. The molecule has 0 spiro atoms. The summed E-state index contributed by atoms with van der Waals surface area (Å²) in [7, 11) is 0. The Kier molecular flexibility index (Phi) is 2.81. The van der Waals surface area contributed by atoms with Gasteiger partial charge in [-0.15, -0.1) is 0 Å². The van der Waals surface area contributed by atoms with Crippen molar-refractivity contribution in [2.45, 2.75) is 18.9 Å². The average molecular weight is 238 g/mol. The fourth-order valence-corrected chi connectivity index (χ4v) is 1.81. The van der Waals surface area contributed by atoms with Gasteiger partial charge >= 0.3 is 0 Å². The molecule has 1 heterocycles. The number of fused-ring (bicyclic) bond motifs is 1. The highest BCUT2D eigenvalue weighted by atomic mass is 16.1. The van der Waals surface area contributed by atoms with E-state index < -0.39 is 0 Å². The van der Waals surface area contributed by atoms with Crippen molar-refractivity contribution in [3.8, 4) is 0 Å². The summed E-state index contributed by atoms with van der Waals surface area (Å²) in [5.74, 6) is -0.0348. The molecule has 1 aromatic carbocycles. The predicted octanol–water partition coefficient (Wildman–Crippen LogP) is 2.53. The Morgan fingerprint density at radius 3 is 2.89 bits per heavy atom. The summed E-state index contributed by atoms with van der Waals surface area (Å²) in [4.78, 5) is 16.0. The molecule has 3 nitrogen and oxygen atoms in total. The summed E-state index contributed by atoms with van der Waals surface area (Å²) in [6, 6.07) is 12.3. The first-order chi connectivity index (χ1) is 8.81. The summed E-state index contributed by atoms with van der Waals surface area (Å²) in [5, 5.41) is 4.02. The molecule has 3 rings (SSSR count). The first-order valence-electron chi connectivity index (χ1n) is 6.16. The van der Waals surface area contributed by atoms with Crippen LogP contribution in [0, 0.1) is 0 Å². The van der Waals surface area contributed by atoms with Crippen LogP contribution in [-0.4, -0.2) is 16.9 Å². The number of benzene rings is 1. The third-order valence-corrected chi connectivity index (χ3v) is 2.95. The van der Waals surface area contributed by atoms with E-state index in [-0.39, 0.29) is 5.91 Å². The molecule has 0 aliphatic heterocycles. The molecule has 1 saturated carbocycles. The largest absolute Gasteiger partial charge is 0.350 e. The molecule has 0 bridgehead atoms. The number of rotatable bonds is 3. The van der Waals surface area contributed by atoms with Crippen LogP contribution in [0.5, 0.6) is 0 Å². The molecule has 1 aliphatic carbocycles. The molecule has 1 amide bonds. The number of pyridine rings is 1. The second-order valence-electron chi connectivity index (χ2n) is 4.55. The molecule has 0 atom stereocenters. The highest BCUT2D eigenvalue weighted by Gasteiger charge is 2.21. The molecule has 1 aliphatic rings. The molecule has 0 unspecified atom stereocenters. The van der Waals surface area contributed by atoms with Gasteiger partial charge in [-0.05, 0) is 31.1 Å². The molecule has 2 aromatic rings. The van der Waals surface area contributed by atoms with Crippen molar-refractivity contribution in [1.82, 2.24) is 10.3 Å². The molecule has 1 aromatic heterocycles. The van der Waals surface area contributed by atoms with E-state index in [0.717, 1.165) is 29.4 Å². The van der Waals surface area contributed by atoms with Gasteiger partial charge in [0.1, 0.15) is 0 Å². The highest BCUT2D eigenvalue weighted by Crippen LogP contribution is 2.18. The van der Waals surface area contributed by atoms with Gasteiger partial charge < -0.3 is 5.32 Å². The Morgan fingerprint density at radius 1 is 1.22 bits per heavy atom. The summed E-state index contributed by atoms with van der Waals surface area (Å²) < 4.78 is 0. The lowest BCUT2D eigenvalue weighted by molar-refractivity contribution is -0.116. The van der Waals surface area contributed by atoms with Crippen LogP contribution in [0.1, 0.15) is 18.5 Å². The predicted molar refractivity (Wildman–Crippen MR) is 71.9 cm³/mol. The first-order valence-corrected chi connectivity index (χ1v) is 6.16. The molecule has 1 fully saturated rings. The van der Waals surface area contributed by atoms with Crippen molar-refractivity contribution in [3.05, 3.63) is 48.2 Å². The number of para-hydroxylation sites is 1. The molecule has 18 heavy (non-hydrogen) atoms. The zero-order chi connectivity index (χ0) is 12.4. The van der Waals surface area contributed by atoms with Crippen LogP contribution >= 0.6 is 0 Å². The van der Waals surface area contributed by atoms with Crippen molar-refractivity contribution < 1.29 is 4.79 Å². The Bertz CT molecular complexity index is 615. The van der Waals surface area contributed by atoms with Crippen molar-refractivity contribution in [3.63, 3.8) is 0 Å². The number of aromatic nitrogens is 1. The third-order valence-electron chi connectivity index (χ3n) is 2.95. The maximum atomic E-state index is 11.5. The van der Waals surface area contributed by atoms with Gasteiger partial charge in [0, 0.05) is 17.5 Å². The van der Waals surface area contributed by atoms with E-state index in [4.69, 9.17) is 0 Å². The van der Waals surface area contributed by atoms with E-state index in [1.54, 1.807) is 12.2 Å². The van der Waals surface area contributed by atoms with E-state index in [9.17, 15) is 4.79 Å². The minimum atomic E-state index is -0.0348. The quantitative estimate of drug-likeness (QED) is 0.835. The maximum Gasteiger partial charge on any atom is 0.244 e. The Labute approximate surface area is 106 Å². The number of hydrogen-bond donors (Lipinski definition) is 1. The number of hydrogen-bond acceptors (Lipinski definition) is 2. The first kappa shape index (κ1) is 11.0. The molecule has 0 radical (unpaired) electrons. The third kappa shape index (κ3) is 2.56. The van der Waals surface area contributed by atoms with Crippen LogP contribution in [0.15, 0.2) is 42.5 Å². The zero-order valence-corrected chi connectivity index (χ0v) is 9.97.